The zero-order valence-corrected chi connectivity index (χ0v) is 19.4. The molecule has 0 radical (unpaired) electrons. The number of fused-ring (bicyclic) bond motifs is 2. The molecule has 0 amide bonds. The number of carbonyl (C=O) groups excluding carboxylic acids is 1. The van der Waals surface area contributed by atoms with Crippen LogP contribution in [0.15, 0.2) is 12.1 Å². The highest BCUT2D eigenvalue weighted by Gasteiger charge is 2.60. The van der Waals surface area contributed by atoms with E-state index in [0.29, 0.717) is 23.8 Å². The SMILES string of the molecule is CC1(C)[C@@H]2C[C@H]1[C@H](c1c(O)cc([C@]34CC5CC(C[C@@](CO[N+](=O)[O-])(C5)C3)C4)cc1O)CC2=O. The van der Waals surface area contributed by atoms with E-state index in [1.165, 1.54) is 0 Å². The first-order chi connectivity index (χ1) is 15.5. The maximum absolute atomic E-state index is 12.7. The van der Waals surface area contributed by atoms with Gasteiger partial charge in [0.15, 0.2) is 0 Å². The first kappa shape index (κ1) is 21.2. The second-order valence-corrected chi connectivity index (χ2v) is 12.7. The second-order valence-electron chi connectivity index (χ2n) is 12.7. The van der Waals surface area contributed by atoms with Gasteiger partial charge < -0.3 is 15.1 Å². The molecule has 5 atom stereocenters. The fourth-order valence-corrected chi connectivity index (χ4v) is 9.45. The van der Waals surface area contributed by atoms with Crippen LogP contribution >= 0.6 is 0 Å². The zero-order valence-electron chi connectivity index (χ0n) is 19.4. The van der Waals surface area contributed by atoms with Crippen LogP contribution in [0.2, 0.25) is 0 Å². The predicted octanol–water partition coefficient (Wildman–Crippen LogP) is 4.86. The molecule has 0 saturated heterocycles. The Morgan fingerprint density at radius 1 is 1.09 bits per heavy atom. The summed E-state index contributed by atoms with van der Waals surface area (Å²) in [5.74, 6) is 1.65. The van der Waals surface area contributed by atoms with Gasteiger partial charge in [0.2, 0.25) is 0 Å². The molecule has 178 valence electrons. The van der Waals surface area contributed by atoms with E-state index in [1.807, 2.05) is 12.1 Å². The molecular formula is C26H33NO6. The number of hydrogen-bond acceptors (Lipinski definition) is 6. The van der Waals surface area contributed by atoms with Crippen LogP contribution < -0.4 is 0 Å². The molecule has 0 heterocycles. The number of carbonyl (C=O) groups is 1. The number of Topliss-reactive ketones (excluding diaryl/α,β-unsaturated/α-hetero) is 1. The van der Waals surface area contributed by atoms with Crippen molar-refractivity contribution in [3.05, 3.63) is 33.4 Å². The monoisotopic (exact) mass is 455 g/mol. The minimum absolute atomic E-state index is 0.0929. The van der Waals surface area contributed by atoms with Crippen LogP contribution in [0, 0.1) is 44.6 Å². The van der Waals surface area contributed by atoms with Crippen molar-refractivity contribution in [3.8, 4) is 11.5 Å². The molecule has 2 unspecified atom stereocenters. The third-order valence-electron chi connectivity index (χ3n) is 10.4. The summed E-state index contributed by atoms with van der Waals surface area (Å²) in [5.41, 5.74) is 0.969. The summed E-state index contributed by atoms with van der Waals surface area (Å²) in [6.45, 7) is 4.38. The standard InChI is InChI=1S/C26H33NO6/c1-24(2)18-7-19(24)20(28)6-17(18)23-21(29)4-16(5-22(23)30)26-10-14-3-15(11-26)9-25(8-14,12-26)13-33-27(31)32/h4-5,14-15,17-19,29-30H,3,6-13H2,1-2H3/t14?,15?,17-,18+,19-,25-,26-/m1/s1. The lowest BCUT2D eigenvalue weighted by molar-refractivity contribution is -0.761. The van der Waals surface area contributed by atoms with Crippen LogP contribution in [-0.2, 0) is 15.0 Å². The van der Waals surface area contributed by atoms with Gasteiger partial charge in [-0.25, -0.2) is 0 Å². The average Bonchev–Trinajstić information content (AvgIpc) is 2.70. The van der Waals surface area contributed by atoms with Crippen molar-refractivity contribution < 1.29 is 24.9 Å². The molecule has 1 aromatic carbocycles. The number of phenols is 2. The lowest BCUT2D eigenvalue weighted by Crippen LogP contribution is -2.56. The van der Waals surface area contributed by atoms with E-state index < -0.39 is 5.09 Å². The van der Waals surface area contributed by atoms with Crippen LogP contribution in [0.4, 0.5) is 0 Å². The van der Waals surface area contributed by atoms with E-state index in [9.17, 15) is 25.1 Å². The summed E-state index contributed by atoms with van der Waals surface area (Å²) in [5, 5.41) is 32.6. The number of benzene rings is 1. The molecule has 0 aromatic heterocycles. The topological polar surface area (TPSA) is 110 Å². The molecule has 6 bridgehead atoms. The number of hydrogen-bond donors (Lipinski definition) is 2. The molecule has 7 nitrogen and oxygen atoms in total. The molecule has 1 aromatic rings. The van der Waals surface area contributed by atoms with Gasteiger partial charge >= 0.3 is 0 Å². The Kier molecular flexibility index (Phi) is 4.27. The van der Waals surface area contributed by atoms with Crippen LogP contribution in [0.3, 0.4) is 0 Å². The Morgan fingerprint density at radius 2 is 1.73 bits per heavy atom. The molecule has 0 aliphatic heterocycles. The lowest BCUT2D eigenvalue weighted by Gasteiger charge is -2.62. The fraction of sp³-hybridized carbons (Fsp3) is 0.731. The van der Waals surface area contributed by atoms with Crippen molar-refractivity contribution in [1.82, 2.24) is 0 Å². The van der Waals surface area contributed by atoms with Gasteiger partial charge in [0, 0.05) is 23.8 Å². The van der Waals surface area contributed by atoms with Crippen molar-refractivity contribution in [2.45, 2.75) is 76.5 Å². The molecule has 7 saturated carbocycles. The molecule has 0 spiro atoms. The van der Waals surface area contributed by atoms with Gasteiger partial charge in [0.05, 0.1) is 0 Å². The molecule has 7 aliphatic carbocycles. The van der Waals surface area contributed by atoms with Gasteiger partial charge in [-0.3, -0.25) is 4.79 Å². The van der Waals surface area contributed by atoms with Crippen LogP contribution in [0.1, 0.15) is 82.3 Å². The third kappa shape index (κ3) is 2.96. The van der Waals surface area contributed by atoms with Crippen LogP contribution in [0.25, 0.3) is 0 Å². The maximum Gasteiger partial charge on any atom is 0.294 e. The Bertz CT molecular complexity index is 1010. The fourth-order valence-electron chi connectivity index (χ4n) is 9.45. The summed E-state index contributed by atoms with van der Waals surface area (Å²) in [7, 11) is 0. The number of rotatable bonds is 5. The molecule has 7 aliphatic rings. The zero-order chi connectivity index (χ0) is 23.3. The highest BCUT2D eigenvalue weighted by Crippen LogP contribution is 2.67. The van der Waals surface area contributed by atoms with Gasteiger partial charge in [-0.1, -0.05) is 13.8 Å². The number of phenolic OH excluding ortho intramolecular Hbond substituents is 2. The van der Waals surface area contributed by atoms with Crippen LogP contribution in [-0.4, -0.2) is 27.7 Å². The van der Waals surface area contributed by atoms with Crippen molar-refractivity contribution in [3.63, 3.8) is 0 Å². The molecular weight excluding hydrogens is 422 g/mol. The molecule has 7 fully saturated rings. The minimum Gasteiger partial charge on any atom is -0.508 e. The van der Waals surface area contributed by atoms with Gasteiger partial charge in [0.1, 0.15) is 23.9 Å². The van der Waals surface area contributed by atoms with Crippen LogP contribution in [0.5, 0.6) is 11.5 Å². The molecule has 33 heavy (non-hydrogen) atoms. The Labute approximate surface area is 193 Å². The maximum atomic E-state index is 12.7. The van der Waals surface area contributed by atoms with Crippen molar-refractivity contribution in [2.24, 2.45) is 34.5 Å². The van der Waals surface area contributed by atoms with Crippen molar-refractivity contribution in [2.75, 3.05) is 6.61 Å². The largest absolute Gasteiger partial charge is 0.508 e. The van der Waals surface area contributed by atoms with Crippen molar-refractivity contribution in [1.29, 1.82) is 0 Å². The molecule has 7 heteroatoms. The minimum atomic E-state index is -0.685. The van der Waals surface area contributed by atoms with E-state index in [2.05, 4.69) is 13.8 Å². The summed E-state index contributed by atoms with van der Waals surface area (Å²) < 4.78 is 0. The quantitative estimate of drug-likeness (QED) is 0.484. The van der Waals surface area contributed by atoms with E-state index in [4.69, 9.17) is 4.84 Å². The van der Waals surface area contributed by atoms with Gasteiger partial charge in [-0.15, -0.1) is 10.1 Å². The third-order valence-corrected chi connectivity index (χ3v) is 10.4. The first-order valence-electron chi connectivity index (χ1n) is 12.4. The average molecular weight is 456 g/mol. The Hall–Kier alpha value is -2.31. The van der Waals surface area contributed by atoms with E-state index in [0.717, 1.165) is 50.5 Å². The van der Waals surface area contributed by atoms with Gasteiger partial charge in [0.25, 0.3) is 5.09 Å². The molecule has 8 rings (SSSR count). The first-order valence-corrected chi connectivity index (χ1v) is 12.4. The Balaban J connectivity index is 1.35. The number of aromatic hydroxyl groups is 2. The normalized spacial score (nSPS) is 42.1. The summed E-state index contributed by atoms with van der Waals surface area (Å²) >= 11 is 0. The van der Waals surface area contributed by atoms with E-state index >= 15 is 0 Å². The number of ketones is 1. The summed E-state index contributed by atoms with van der Waals surface area (Å²) in [4.78, 5) is 28.5. The highest BCUT2D eigenvalue weighted by molar-refractivity contribution is 5.86. The highest BCUT2D eigenvalue weighted by atomic mass is 16.9. The smallest absolute Gasteiger partial charge is 0.294 e. The Morgan fingerprint density at radius 3 is 2.27 bits per heavy atom. The van der Waals surface area contributed by atoms with E-state index in [-0.39, 0.29) is 57.9 Å². The summed E-state index contributed by atoms with van der Waals surface area (Å²) in [6, 6.07) is 3.65. The molecule has 2 N–H and O–H groups in total. The number of nitrogens with zero attached hydrogens (tertiary/aromatic N) is 1. The van der Waals surface area contributed by atoms with Gasteiger partial charge in [-0.2, -0.15) is 0 Å². The predicted molar refractivity (Wildman–Crippen MR) is 119 cm³/mol. The van der Waals surface area contributed by atoms with Gasteiger partial charge in [-0.05, 0) is 96.6 Å². The summed E-state index contributed by atoms with van der Waals surface area (Å²) in [6.07, 6.45) is 7.05. The second kappa shape index (κ2) is 6.63. The van der Waals surface area contributed by atoms with Crippen molar-refractivity contribution >= 4 is 5.78 Å². The lowest BCUT2D eigenvalue weighted by atomic mass is 9.43. The van der Waals surface area contributed by atoms with E-state index in [1.54, 1.807) is 0 Å².